The first-order chi connectivity index (χ1) is 7.77. The average Bonchev–Trinajstić information content (AvgIpc) is 2.25. The van der Waals surface area contributed by atoms with Crippen LogP contribution < -0.4 is 11.1 Å². The molecule has 0 aromatic carbocycles. The molecular formula is C14H32N2. The Morgan fingerprint density at radius 3 is 1.94 bits per heavy atom. The number of rotatable bonds is 12. The molecule has 0 bridgehead atoms. The summed E-state index contributed by atoms with van der Waals surface area (Å²) in [4.78, 5) is 0. The standard InChI is InChI=1S/C14H32N2/c1-14(2)10-13-16-12-9-7-5-3-4-6-8-11-15/h14,16H,3-13,15H2,1-2H3. The van der Waals surface area contributed by atoms with Gasteiger partial charge in [0, 0.05) is 0 Å². The van der Waals surface area contributed by atoms with Crippen LogP contribution in [0.15, 0.2) is 0 Å². The first kappa shape index (κ1) is 15.9. The van der Waals surface area contributed by atoms with Crippen molar-refractivity contribution in [1.29, 1.82) is 0 Å². The van der Waals surface area contributed by atoms with Crippen LogP contribution in [-0.4, -0.2) is 19.6 Å². The average molecular weight is 228 g/mol. The molecule has 0 amide bonds. The molecule has 0 rings (SSSR count). The minimum absolute atomic E-state index is 0.829. The van der Waals surface area contributed by atoms with E-state index in [9.17, 15) is 0 Å². The highest BCUT2D eigenvalue weighted by Crippen LogP contribution is 2.06. The fourth-order valence-electron chi connectivity index (χ4n) is 1.79. The number of hydrogen-bond acceptors (Lipinski definition) is 2. The smallest absolute Gasteiger partial charge is 0.00465 e. The molecule has 98 valence electrons. The van der Waals surface area contributed by atoms with Crippen LogP contribution in [0.2, 0.25) is 0 Å². The van der Waals surface area contributed by atoms with Gasteiger partial charge < -0.3 is 11.1 Å². The van der Waals surface area contributed by atoms with Crippen molar-refractivity contribution in [3.05, 3.63) is 0 Å². The zero-order valence-corrected chi connectivity index (χ0v) is 11.4. The molecule has 0 heterocycles. The van der Waals surface area contributed by atoms with E-state index in [4.69, 9.17) is 5.73 Å². The van der Waals surface area contributed by atoms with Gasteiger partial charge in [0.15, 0.2) is 0 Å². The maximum Gasteiger partial charge on any atom is -0.00465 e. The van der Waals surface area contributed by atoms with Gasteiger partial charge in [-0.25, -0.2) is 0 Å². The van der Waals surface area contributed by atoms with Gasteiger partial charge in [0.25, 0.3) is 0 Å². The topological polar surface area (TPSA) is 38.0 Å². The van der Waals surface area contributed by atoms with E-state index in [0.717, 1.165) is 12.5 Å². The highest BCUT2D eigenvalue weighted by molar-refractivity contribution is 4.52. The number of nitrogens with two attached hydrogens (primary N) is 1. The lowest BCUT2D eigenvalue weighted by Gasteiger charge is -2.06. The highest BCUT2D eigenvalue weighted by Gasteiger charge is 1.94. The lowest BCUT2D eigenvalue weighted by Crippen LogP contribution is -2.17. The minimum atomic E-state index is 0.829. The molecule has 2 heteroatoms. The monoisotopic (exact) mass is 228 g/mol. The third kappa shape index (κ3) is 13.9. The van der Waals surface area contributed by atoms with Gasteiger partial charge in [-0.05, 0) is 44.8 Å². The maximum absolute atomic E-state index is 5.45. The van der Waals surface area contributed by atoms with E-state index in [1.165, 1.54) is 64.5 Å². The molecular weight excluding hydrogens is 196 g/mol. The van der Waals surface area contributed by atoms with Gasteiger partial charge in [-0.15, -0.1) is 0 Å². The summed E-state index contributed by atoms with van der Waals surface area (Å²) in [6.45, 7) is 7.81. The summed E-state index contributed by atoms with van der Waals surface area (Å²) in [6.07, 6.45) is 10.7. The van der Waals surface area contributed by atoms with E-state index in [2.05, 4.69) is 19.2 Å². The van der Waals surface area contributed by atoms with Crippen LogP contribution in [0, 0.1) is 5.92 Å². The van der Waals surface area contributed by atoms with Crippen molar-refractivity contribution in [2.75, 3.05) is 19.6 Å². The molecule has 0 unspecified atom stereocenters. The van der Waals surface area contributed by atoms with Crippen LogP contribution in [0.3, 0.4) is 0 Å². The molecule has 0 spiro atoms. The fraction of sp³-hybridized carbons (Fsp3) is 1.00. The Balaban J connectivity index is 2.88. The second-order valence-corrected chi connectivity index (χ2v) is 5.20. The third-order valence-electron chi connectivity index (χ3n) is 2.96. The molecule has 0 aromatic rings. The van der Waals surface area contributed by atoms with Crippen LogP contribution in [0.25, 0.3) is 0 Å². The molecule has 0 aliphatic heterocycles. The van der Waals surface area contributed by atoms with Crippen LogP contribution in [0.4, 0.5) is 0 Å². The van der Waals surface area contributed by atoms with Crippen molar-refractivity contribution in [3.8, 4) is 0 Å². The first-order valence-corrected chi connectivity index (χ1v) is 7.18. The minimum Gasteiger partial charge on any atom is -0.330 e. The van der Waals surface area contributed by atoms with Crippen LogP contribution >= 0.6 is 0 Å². The summed E-state index contributed by atoms with van der Waals surface area (Å²) < 4.78 is 0. The normalized spacial score (nSPS) is 11.2. The molecule has 0 aliphatic rings. The van der Waals surface area contributed by atoms with Crippen molar-refractivity contribution in [2.24, 2.45) is 11.7 Å². The lowest BCUT2D eigenvalue weighted by molar-refractivity contribution is 0.516. The Morgan fingerprint density at radius 2 is 1.38 bits per heavy atom. The summed E-state index contributed by atoms with van der Waals surface area (Å²) in [5.74, 6) is 0.829. The molecule has 0 aromatic heterocycles. The van der Waals surface area contributed by atoms with Gasteiger partial charge in [0.05, 0.1) is 0 Å². The third-order valence-corrected chi connectivity index (χ3v) is 2.96. The van der Waals surface area contributed by atoms with Gasteiger partial charge in [-0.1, -0.05) is 46.0 Å². The van der Waals surface area contributed by atoms with Gasteiger partial charge in [0.2, 0.25) is 0 Å². The van der Waals surface area contributed by atoms with Crippen molar-refractivity contribution in [3.63, 3.8) is 0 Å². The highest BCUT2D eigenvalue weighted by atomic mass is 14.8. The summed E-state index contributed by atoms with van der Waals surface area (Å²) >= 11 is 0. The zero-order valence-electron chi connectivity index (χ0n) is 11.4. The lowest BCUT2D eigenvalue weighted by atomic mass is 10.1. The Bertz CT molecular complexity index is 124. The first-order valence-electron chi connectivity index (χ1n) is 7.18. The predicted molar refractivity (Wildman–Crippen MR) is 73.7 cm³/mol. The quantitative estimate of drug-likeness (QED) is 0.503. The molecule has 0 aliphatic carbocycles. The van der Waals surface area contributed by atoms with Gasteiger partial charge in [-0.2, -0.15) is 0 Å². The molecule has 0 radical (unpaired) electrons. The van der Waals surface area contributed by atoms with Crippen LogP contribution in [0.5, 0.6) is 0 Å². The molecule has 0 atom stereocenters. The van der Waals surface area contributed by atoms with Crippen molar-refractivity contribution in [2.45, 2.75) is 65.2 Å². The molecule has 16 heavy (non-hydrogen) atoms. The van der Waals surface area contributed by atoms with E-state index >= 15 is 0 Å². The van der Waals surface area contributed by atoms with Gasteiger partial charge in [-0.3, -0.25) is 0 Å². The number of unbranched alkanes of at least 4 members (excludes halogenated alkanes) is 6. The maximum atomic E-state index is 5.45. The van der Waals surface area contributed by atoms with Crippen LogP contribution in [-0.2, 0) is 0 Å². The molecule has 0 fully saturated rings. The zero-order chi connectivity index (χ0) is 12.1. The van der Waals surface area contributed by atoms with Crippen molar-refractivity contribution >= 4 is 0 Å². The van der Waals surface area contributed by atoms with E-state index in [0.29, 0.717) is 0 Å². The predicted octanol–water partition coefficient (Wildman–Crippen LogP) is 3.31. The summed E-state index contributed by atoms with van der Waals surface area (Å²) in [5, 5.41) is 3.51. The summed E-state index contributed by atoms with van der Waals surface area (Å²) in [5.41, 5.74) is 5.45. The van der Waals surface area contributed by atoms with Crippen LogP contribution in [0.1, 0.15) is 65.2 Å². The molecule has 2 nitrogen and oxygen atoms in total. The van der Waals surface area contributed by atoms with Crippen molar-refractivity contribution < 1.29 is 0 Å². The second-order valence-electron chi connectivity index (χ2n) is 5.20. The largest absolute Gasteiger partial charge is 0.330 e. The Labute approximate surface area is 102 Å². The van der Waals surface area contributed by atoms with Gasteiger partial charge in [0.1, 0.15) is 0 Å². The van der Waals surface area contributed by atoms with Gasteiger partial charge >= 0.3 is 0 Å². The molecule has 0 saturated carbocycles. The molecule has 0 saturated heterocycles. The SMILES string of the molecule is CC(C)CCNCCCCCCCCCN. The second kappa shape index (κ2) is 13.0. The number of hydrogen-bond donors (Lipinski definition) is 2. The fourth-order valence-corrected chi connectivity index (χ4v) is 1.79. The summed E-state index contributed by atoms with van der Waals surface area (Å²) in [6, 6.07) is 0. The Hall–Kier alpha value is -0.0800. The molecule has 3 N–H and O–H groups in total. The Kier molecular flexibility index (Phi) is 12.9. The van der Waals surface area contributed by atoms with E-state index in [1.807, 2.05) is 0 Å². The van der Waals surface area contributed by atoms with E-state index < -0.39 is 0 Å². The van der Waals surface area contributed by atoms with E-state index in [-0.39, 0.29) is 0 Å². The summed E-state index contributed by atoms with van der Waals surface area (Å²) in [7, 11) is 0. The van der Waals surface area contributed by atoms with E-state index in [1.54, 1.807) is 0 Å². The number of nitrogens with one attached hydrogen (secondary N) is 1. The van der Waals surface area contributed by atoms with Crippen molar-refractivity contribution in [1.82, 2.24) is 5.32 Å². The Morgan fingerprint density at radius 1 is 0.812 bits per heavy atom.